The standard InChI is InChI=1S/10Al.10Li.83H2.40H/h;;;;;;;;;;;;;;;;;;;;83*1H;;;;;;;;;;;;;;;;;;;;;;;;;;;;;;;;;;;;;;;;/q;;;;;;;;;;10*+1;;;;;;;;;;;;;;;;;;;;;;;;;;;;;;;;;;;;;;;;;;;;;;;;;;;;;;;;;;;;;;;;;;;;;;;;;;;;;;;;;;;;;;;;;;;;;;;;;;;;;;;;;;;;;;;;;;10*-1. The quantitative estimate of drug-likeness (QED) is 0.265. The zero-order chi connectivity index (χ0) is 0. The molecule has 0 spiro atoms. The molecule has 246 valence electrons. The predicted octanol–water partition coefficient (Wildman–Crippen LogP) is -20.3. The molecule has 0 aromatic carbocycles. The van der Waals surface area contributed by atoms with Crippen molar-refractivity contribution in [3.8, 4) is 0 Å². The molecule has 0 rings (SSSR count). The molecule has 20 heteroatoms. The van der Waals surface area contributed by atoms with E-state index >= 15 is 0 Å². The Balaban J connectivity index is 0. The molecular weight excluding hydrogens is 339 g/mol. The van der Waals surface area contributed by atoms with Crippen molar-refractivity contribution in [2.24, 2.45) is 0 Å². The third-order valence-corrected chi connectivity index (χ3v) is 0. The zero-order valence-corrected chi connectivity index (χ0v) is 10.0. The average molecular weight is 547 g/mol. The molecule has 0 saturated heterocycles. The Morgan fingerprint density at radius 1 is 0.200 bits per heavy atom. The first-order valence-corrected chi connectivity index (χ1v) is 0. The molecule has 0 saturated carbocycles. The van der Waals surface area contributed by atoms with Gasteiger partial charge in [0.15, 0.2) is 174 Å². The van der Waals surface area contributed by atoms with E-state index in [1.165, 1.54) is 0 Å². The first kappa shape index (κ1) is 225. The van der Waals surface area contributed by atoms with E-state index in [4.69, 9.17) is 0 Å². The monoisotopic (exact) mass is 548 g/mol. The van der Waals surface area contributed by atoms with Gasteiger partial charge >= 0.3 is 189 Å². The minimum Gasteiger partial charge on any atom is -1.00 e. The van der Waals surface area contributed by atoms with E-state index in [0.29, 0.717) is 0 Å². The fraction of sp³-hybridized carbons (Fsp3) is 0. The van der Waals surface area contributed by atoms with Gasteiger partial charge in [-0.1, -0.05) is 0 Å². The second kappa shape index (κ2) is 204. The summed E-state index contributed by atoms with van der Waals surface area (Å²) < 4.78 is 0. The van der Waals surface area contributed by atoms with Crippen LogP contribution in [0.5, 0.6) is 0 Å². The molecule has 0 radical (unpaired) electrons. The van der Waals surface area contributed by atoms with Gasteiger partial charge in [0.1, 0.15) is 0 Å². The Labute approximate surface area is 491 Å². The van der Waals surface area contributed by atoms with Crippen LogP contribution in [0.3, 0.4) is 0 Å². The summed E-state index contributed by atoms with van der Waals surface area (Å²) in [4.78, 5) is 0. The third-order valence-electron chi connectivity index (χ3n) is 0. The molecule has 0 heterocycles. The van der Waals surface area contributed by atoms with Crippen molar-refractivity contribution in [3.63, 3.8) is 0 Å². The second-order valence-corrected chi connectivity index (χ2v) is 0. The first-order chi connectivity index (χ1) is 0. The molecule has 0 aliphatic heterocycles. The third kappa shape index (κ3) is 184. The average Bonchev–Trinajstić information content (AvgIpc) is 0. The summed E-state index contributed by atoms with van der Waals surface area (Å²) in [6, 6.07) is 0. The summed E-state index contributed by atoms with van der Waals surface area (Å²) in [5, 5.41) is 0. The topological polar surface area (TPSA) is 0 Å². The first-order valence-electron chi connectivity index (χ1n) is 0. The molecule has 0 aliphatic rings. The van der Waals surface area contributed by atoms with Crippen molar-refractivity contribution in [2.75, 3.05) is 0 Å². The Bertz CT molecular complexity index is 96.1. The van der Waals surface area contributed by atoms with E-state index in [1.54, 1.807) is 0 Å². The van der Waals surface area contributed by atoms with E-state index < -0.39 is 0 Å². The maximum atomic E-state index is 0. The summed E-state index contributed by atoms with van der Waals surface area (Å²) in [7, 11) is 0. The van der Waals surface area contributed by atoms with Gasteiger partial charge in [-0.3, -0.25) is 0 Å². The molecule has 0 N–H and O–H groups in total. The van der Waals surface area contributed by atoms with E-state index in [0.717, 1.165) is 0 Å². The van der Waals surface area contributed by atoms with Gasteiger partial charge in [0.25, 0.3) is 0 Å². The molecule has 0 aromatic rings. The van der Waals surface area contributed by atoms with Crippen molar-refractivity contribution < 1.29 is 321 Å². The van der Waals surface area contributed by atoms with Crippen LogP contribution in [0.25, 0.3) is 0 Å². The van der Waals surface area contributed by atoms with Crippen LogP contribution in [0.4, 0.5) is 0 Å². The largest absolute Gasteiger partial charge is 1.00 e. The normalized spacial score (nSPS) is 0. The summed E-state index contributed by atoms with van der Waals surface area (Å²) in [6.07, 6.45) is 0. The minimum absolute atomic E-state index is 0. The summed E-state index contributed by atoms with van der Waals surface area (Å²) in [5.74, 6) is 0. The molecule has 0 nitrogen and oxygen atoms in total. The van der Waals surface area contributed by atoms with Gasteiger partial charge in [0.05, 0.1) is 0 Å². The smallest absolute Gasteiger partial charge is 1.00 e. The fourth-order valence-corrected chi connectivity index (χ4v) is 0. The van der Waals surface area contributed by atoms with Crippen LogP contribution < -0.4 is 189 Å². The Morgan fingerprint density at radius 3 is 0.200 bits per heavy atom. The van der Waals surface area contributed by atoms with Crippen molar-refractivity contribution in [3.05, 3.63) is 0 Å². The predicted molar refractivity (Wildman–Crippen MR) is 286 cm³/mol. The van der Waals surface area contributed by atoms with E-state index in [9.17, 15) is 0 Å². The van der Waals surface area contributed by atoms with Crippen molar-refractivity contribution in [1.29, 1.82) is 0 Å². The molecular formula is H206Al10Li10. The molecule has 0 bridgehead atoms. The van der Waals surface area contributed by atoms with Crippen molar-refractivity contribution >= 4 is 174 Å². The van der Waals surface area contributed by atoms with Crippen LogP contribution in [-0.4, -0.2) is 174 Å². The van der Waals surface area contributed by atoms with E-state index in [-0.39, 0.29) is 495 Å². The van der Waals surface area contributed by atoms with Gasteiger partial charge in [0, 0.05) is 118 Å². The zero-order valence-electron chi connectivity index (χ0n) is 20.0. The van der Waals surface area contributed by atoms with Crippen LogP contribution in [0.2, 0.25) is 0 Å². The van der Waals surface area contributed by atoms with Crippen LogP contribution in [0, 0.1) is 0 Å². The molecule has 0 aliphatic carbocycles. The Hall–Kier alpha value is 11.3. The molecule has 0 amide bonds. The molecule has 0 atom stereocenters. The van der Waals surface area contributed by atoms with Crippen LogP contribution in [-0.2, 0) is 0 Å². The van der Waals surface area contributed by atoms with Crippen LogP contribution >= 0.6 is 0 Å². The molecule has 0 unspecified atom stereocenters. The number of hydrogen-bond donors (Lipinski definition) is 0. The summed E-state index contributed by atoms with van der Waals surface area (Å²) in [6.45, 7) is 0. The van der Waals surface area contributed by atoms with Crippen LogP contribution in [0.1, 0.15) is 133 Å². The van der Waals surface area contributed by atoms with Gasteiger partial charge in [-0.25, -0.2) is 0 Å². The van der Waals surface area contributed by atoms with Crippen molar-refractivity contribution in [2.45, 2.75) is 0 Å². The summed E-state index contributed by atoms with van der Waals surface area (Å²) >= 11 is 0. The second-order valence-electron chi connectivity index (χ2n) is 0. The van der Waals surface area contributed by atoms with Gasteiger partial charge in [0.2, 0.25) is 0 Å². The van der Waals surface area contributed by atoms with Gasteiger partial charge in [-0.15, -0.1) is 0 Å². The van der Waals surface area contributed by atoms with Gasteiger partial charge in [-0.2, -0.15) is 0 Å². The minimum atomic E-state index is 0. The number of hydrogen-bond acceptors (Lipinski definition) is 0. The maximum absolute atomic E-state index is 0. The Kier molecular flexibility index (Phi) is 2290. The van der Waals surface area contributed by atoms with Gasteiger partial charge < -0.3 is 14.3 Å². The maximum Gasteiger partial charge on any atom is 1.00 e. The van der Waals surface area contributed by atoms with Gasteiger partial charge in [-0.05, 0) is 0 Å². The van der Waals surface area contributed by atoms with E-state index in [2.05, 4.69) is 0 Å². The molecule has 0 fully saturated rings. The molecule has 0 aromatic heterocycles. The van der Waals surface area contributed by atoms with E-state index in [1.807, 2.05) is 0 Å². The summed E-state index contributed by atoms with van der Waals surface area (Å²) in [5.41, 5.74) is 0. The molecule has 20 heavy (non-hydrogen) atoms. The number of rotatable bonds is 0. The Morgan fingerprint density at radius 2 is 0.200 bits per heavy atom. The fourth-order valence-electron chi connectivity index (χ4n) is 0. The van der Waals surface area contributed by atoms with Crippen molar-refractivity contribution in [1.82, 2.24) is 0 Å². The SMILES string of the molecule is [AlH3].[AlH3].[AlH3].[AlH3].[AlH3].[AlH3].[AlH3].[AlH3].[AlH3].[AlH3].[H-].[H-].[H-].[H-].[H-].[H-].[H-].[H-].[H-].[H-].[HH].[HH].[HH].[HH].[HH].[HH].[HH].[HH].[HH].[HH].[HH].[HH].[HH].[HH].[HH].[HH].[HH].[HH].[HH].[HH].[HH].[HH].[HH].[HH].[HH].[HH].[HH].[HH].[HH].[HH].[HH].[HH].[HH].[HH].[HH].[HH].[HH].[HH].[HH].[HH].[HH].[HH].[HH].[HH].[HH].[HH].[HH].[HH].[HH].[HH].[HH].[HH].[HH].[HH].[HH].[HH].[HH].[HH].[HH].[HH].[HH].[HH].[HH].[HH].[HH].[HH].[HH].[HH].[HH].[HH].[HH].[HH].[HH].[HH].[HH].[HH].[HH].[HH].[HH].[HH].[HH].[HH].[HH].[Li+].[Li+].[Li+].[Li+].[Li+].[Li+].[Li+].[Li+].[Li+].[Li+]. The van der Waals surface area contributed by atoms with Crippen LogP contribution in [0.15, 0.2) is 0 Å².